The Labute approximate surface area is 156 Å². The first-order valence-corrected chi connectivity index (χ1v) is 9.85. The van der Waals surface area contributed by atoms with Crippen LogP contribution < -0.4 is 20.1 Å². The molecule has 1 heterocycles. The maximum Gasteiger partial charge on any atom is 0.142 e. The van der Waals surface area contributed by atoms with Crippen molar-refractivity contribution in [2.24, 2.45) is 0 Å². The Morgan fingerprint density at radius 3 is 1.50 bits per heavy atom. The van der Waals surface area contributed by atoms with Crippen molar-refractivity contribution in [1.29, 1.82) is 0 Å². The minimum atomic E-state index is 0.762. The first-order valence-electron chi connectivity index (χ1n) is 9.85. The highest BCUT2D eigenvalue weighted by Crippen LogP contribution is 2.25. The molecular formula is C22H30N2O2. The number of nitrogens with one attached hydrogen (secondary N) is 2. The van der Waals surface area contributed by atoms with Crippen LogP contribution in [0.2, 0.25) is 0 Å². The largest absolute Gasteiger partial charge is 0.491 e. The molecule has 0 aromatic heterocycles. The van der Waals surface area contributed by atoms with Gasteiger partial charge in [-0.2, -0.15) is 0 Å². The Morgan fingerprint density at radius 1 is 0.538 bits per heavy atom. The molecule has 2 aromatic rings. The van der Waals surface area contributed by atoms with E-state index < -0.39 is 0 Å². The molecule has 2 N–H and O–H groups in total. The molecule has 0 aliphatic carbocycles. The molecule has 0 spiro atoms. The molecule has 140 valence electrons. The molecule has 2 aromatic carbocycles. The standard InChI is InChI=1S/C22H30N2O2/c1-7-15-23-19-11-3-6-14-22(19)26-18-10-2-8-16-24-20-12-4-5-13-21(20)25-17-9-1/h3-6,11-14,23-24H,1-2,7-10,15-18H2. The van der Waals surface area contributed by atoms with E-state index in [9.17, 15) is 0 Å². The van der Waals surface area contributed by atoms with Gasteiger partial charge in [-0.15, -0.1) is 0 Å². The molecule has 0 atom stereocenters. The van der Waals surface area contributed by atoms with Gasteiger partial charge in [0.25, 0.3) is 0 Å². The lowest BCUT2D eigenvalue weighted by Crippen LogP contribution is -2.08. The molecule has 0 bridgehead atoms. The molecule has 0 saturated carbocycles. The first-order chi connectivity index (χ1) is 12.9. The molecular weight excluding hydrogens is 324 g/mol. The summed E-state index contributed by atoms with van der Waals surface area (Å²) in [4.78, 5) is 0. The van der Waals surface area contributed by atoms with Gasteiger partial charge in [0, 0.05) is 13.1 Å². The van der Waals surface area contributed by atoms with Gasteiger partial charge in [-0.05, 0) is 62.8 Å². The molecule has 0 saturated heterocycles. The number of ether oxygens (including phenoxy) is 2. The molecule has 0 unspecified atom stereocenters. The Morgan fingerprint density at radius 2 is 1.00 bits per heavy atom. The van der Waals surface area contributed by atoms with Crippen molar-refractivity contribution in [1.82, 2.24) is 0 Å². The lowest BCUT2D eigenvalue weighted by Gasteiger charge is -2.15. The van der Waals surface area contributed by atoms with Gasteiger partial charge in [0.2, 0.25) is 0 Å². The zero-order valence-electron chi connectivity index (χ0n) is 15.5. The summed E-state index contributed by atoms with van der Waals surface area (Å²) < 4.78 is 12.0. The van der Waals surface area contributed by atoms with Gasteiger partial charge in [0.05, 0.1) is 24.6 Å². The van der Waals surface area contributed by atoms with Crippen LogP contribution in [-0.2, 0) is 0 Å². The Bertz CT molecular complexity index is 549. The van der Waals surface area contributed by atoms with Gasteiger partial charge in [-0.25, -0.2) is 0 Å². The fourth-order valence-electron chi connectivity index (χ4n) is 3.10. The number of fused-ring (bicyclic) bond motifs is 2. The highest BCUT2D eigenvalue weighted by atomic mass is 16.5. The summed E-state index contributed by atoms with van der Waals surface area (Å²) in [6.07, 6.45) is 6.66. The van der Waals surface area contributed by atoms with E-state index in [2.05, 4.69) is 34.9 Å². The van der Waals surface area contributed by atoms with Crippen LogP contribution in [0.4, 0.5) is 11.4 Å². The van der Waals surface area contributed by atoms with Crippen LogP contribution in [0.5, 0.6) is 11.5 Å². The van der Waals surface area contributed by atoms with E-state index in [0.29, 0.717) is 0 Å². The second-order valence-electron chi connectivity index (χ2n) is 6.66. The number of anilines is 2. The normalized spacial score (nSPS) is 16.9. The van der Waals surface area contributed by atoms with Crippen LogP contribution in [0, 0.1) is 0 Å². The van der Waals surface area contributed by atoms with Gasteiger partial charge >= 0.3 is 0 Å². The van der Waals surface area contributed by atoms with Crippen LogP contribution in [0.15, 0.2) is 48.5 Å². The van der Waals surface area contributed by atoms with Crippen LogP contribution >= 0.6 is 0 Å². The van der Waals surface area contributed by atoms with Crippen molar-refractivity contribution in [3.8, 4) is 11.5 Å². The van der Waals surface area contributed by atoms with E-state index in [1.165, 1.54) is 0 Å². The Hall–Kier alpha value is -2.36. The lowest BCUT2D eigenvalue weighted by molar-refractivity contribution is 0.304. The average molecular weight is 354 g/mol. The van der Waals surface area contributed by atoms with Gasteiger partial charge < -0.3 is 20.1 Å². The summed E-state index contributed by atoms with van der Waals surface area (Å²) in [7, 11) is 0. The van der Waals surface area contributed by atoms with Gasteiger partial charge in [0.15, 0.2) is 0 Å². The monoisotopic (exact) mass is 354 g/mol. The van der Waals surface area contributed by atoms with Gasteiger partial charge in [0.1, 0.15) is 11.5 Å². The van der Waals surface area contributed by atoms with Crippen LogP contribution in [0.25, 0.3) is 0 Å². The molecule has 26 heavy (non-hydrogen) atoms. The predicted octanol–water partition coefficient (Wildman–Crippen LogP) is 5.32. The molecule has 1 aliphatic rings. The number of hydrogen-bond acceptors (Lipinski definition) is 4. The summed E-state index contributed by atoms with van der Waals surface area (Å²) in [5.74, 6) is 1.92. The third-order valence-corrected chi connectivity index (χ3v) is 4.56. The number of benzene rings is 2. The van der Waals surface area contributed by atoms with E-state index >= 15 is 0 Å². The third kappa shape index (κ3) is 5.87. The van der Waals surface area contributed by atoms with E-state index in [0.717, 1.165) is 87.7 Å². The van der Waals surface area contributed by atoms with Crippen LogP contribution in [-0.4, -0.2) is 26.3 Å². The zero-order valence-corrected chi connectivity index (χ0v) is 15.5. The smallest absolute Gasteiger partial charge is 0.142 e. The second kappa shape index (κ2) is 10.6. The van der Waals surface area contributed by atoms with Crippen molar-refractivity contribution >= 4 is 11.4 Å². The summed E-state index contributed by atoms with van der Waals surface area (Å²) in [6, 6.07) is 16.5. The Balaban J connectivity index is 1.56. The number of rotatable bonds is 0. The highest BCUT2D eigenvalue weighted by molar-refractivity contribution is 5.56. The van der Waals surface area contributed by atoms with Gasteiger partial charge in [-0.3, -0.25) is 0 Å². The third-order valence-electron chi connectivity index (χ3n) is 4.56. The predicted molar refractivity (Wildman–Crippen MR) is 109 cm³/mol. The molecule has 1 aliphatic heterocycles. The first kappa shape index (κ1) is 18.4. The molecule has 0 radical (unpaired) electrons. The maximum absolute atomic E-state index is 5.99. The van der Waals surface area contributed by atoms with E-state index in [-0.39, 0.29) is 0 Å². The van der Waals surface area contributed by atoms with E-state index in [4.69, 9.17) is 9.47 Å². The molecule has 0 amide bonds. The summed E-state index contributed by atoms with van der Waals surface area (Å²) in [5, 5.41) is 7.01. The quantitative estimate of drug-likeness (QED) is 0.672. The van der Waals surface area contributed by atoms with Gasteiger partial charge in [-0.1, -0.05) is 24.3 Å². The number of para-hydroxylation sites is 4. The van der Waals surface area contributed by atoms with Crippen molar-refractivity contribution in [2.45, 2.75) is 38.5 Å². The summed E-state index contributed by atoms with van der Waals surface area (Å²) in [5.41, 5.74) is 2.20. The van der Waals surface area contributed by atoms with Crippen molar-refractivity contribution < 1.29 is 9.47 Å². The molecule has 4 nitrogen and oxygen atoms in total. The average Bonchev–Trinajstić information content (AvgIpc) is 2.68. The zero-order chi connectivity index (χ0) is 17.9. The second-order valence-corrected chi connectivity index (χ2v) is 6.66. The van der Waals surface area contributed by atoms with E-state index in [1.54, 1.807) is 0 Å². The van der Waals surface area contributed by atoms with Crippen molar-refractivity contribution in [3.63, 3.8) is 0 Å². The van der Waals surface area contributed by atoms with Crippen molar-refractivity contribution in [3.05, 3.63) is 48.5 Å². The lowest BCUT2D eigenvalue weighted by atomic mass is 10.2. The minimum Gasteiger partial charge on any atom is -0.491 e. The minimum absolute atomic E-state index is 0.762. The summed E-state index contributed by atoms with van der Waals surface area (Å²) in [6.45, 7) is 3.44. The topological polar surface area (TPSA) is 42.5 Å². The molecule has 3 rings (SSSR count). The summed E-state index contributed by atoms with van der Waals surface area (Å²) >= 11 is 0. The number of hydrogen-bond donors (Lipinski definition) is 2. The Kier molecular flexibility index (Phi) is 7.51. The van der Waals surface area contributed by atoms with Crippen LogP contribution in [0.1, 0.15) is 38.5 Å². The fraction of sp³-hybridized carbons (Fsp3) is 0.455. The highest BCUT2D eigenvalue weighted by Gasteiger charge is 2.05. The molecule has 4 heteroatoms. The SMILES string of the molecule is c1ccc2c(c1)NCCCCCOc1ccccc1NCCCCCO2. The van der Waals surface area contributed by atoms with Crippen molar-refractivity contribution in [2.75, 3.05) is 36.9 Å². The molecule has 0 fully saturated rings. The fourth-order valence-corrected chi connectivity index (χ4v) is 3.10. The van der Waals surface area contributed by atoms with Crippen LogP contribution in [0.3, 0.4) is 0 Å². The van der Waals surface area contributed by atoms with E-state index in [1.807, 2.05) is 24.3 Å². The maximum atomic E-state index is 5.99.